The number of hydrogen-bond donors (Lipinski definition) is 0. The van der Waals surface area contributed by atoms with Gasteiger partial charge < -0.3 is 4.90 Å². The van der Waals surface area contributed by atoms with E-state index in [0.29, 0.717) is 23.3 Å². The van der Waals surface area contributed by atoms with Crippen molar-refractivity contribution in [2.45, 2.75) is 44.6 Å². The Labute approximate surface area is 147 Å². The smallest absolute Gasteiger partial charge is 0.274 e. The lowest BCUT2D eigenvalue weighted by molar-refractivity contribution is 0.0383. The molecule has 0 radical (unpaired) electrons. The van der Waals surface area contributed by atoms with Gasteiger partial charge >= 0.3 is 0 Å². The van der Waals surface area contributed by atoms with Crippen molar-refractivity contribution in [2.75, 3.05) is 6.54 Å². The normalized spacial score (nSPS) is 23.1. The Kier molecular flexibility index (Phi) is 4.38. The van der Waals surface area contributed by atoms with Crippen molar-refractivity contribution in [1.82, 2.24) is 14.7 Å². The van der Waals surface area contributed by atoms with E-state index in [-0.39, 0.29) is 11.5 Å². The largest absolute Gasteiger partial charge is 0.334 e. The molecular weight excluding hydrogens is 314 g/mol. The topological polar surface area (TPSA) is 55.2 Å². The van der Waals surface area contributed by atoms with Crippen molar-refractivity contribution >= 4 is 5.91 Å². The van der Waals surface area contributed by atoms with Crippen molar-refractivity contribution in [3.8, 4) is 5.69 Å². The number of carbonyl (C=O) groups is 1. The molecule has 130 valence electrons. The van der Waals surface area contributed by atoms with E-state index in [1.165, 1.54) is 36.4 Å². The Morgan fingerprint density at radius 3 is 2.56 bits per heavy atom. The van der Waals surface area contributed by atoms with Gasteiger partial charge in [0.1, 0.15) is 5.69 Å². The number of nitrogens with zero attached hydrogens (tertiary/aromatic N) is 3. The van der Waals surface area contributed by atoms with Gasteiger partial charge in [0.15, 0.2) is 0 Å². The van der Waals surface area contributed by atoms with Crippen molar-refractivity contribution < 1.29 is 4.79 Å². The summed E-state index contributed by atoms with van der Waals surface area (Å²) >= 11 is 0. The molecule has 0 N–H and O–H groups in total. The molecule has 1 aromatic heterocycles. The Balaban J connectivity index is 1.65. The number of carbonyl (C=O) groups excluding carboxylic acids is 1. The molecule has 25 heavy (non-hydrogen) atoms. The molecule has 1 amide bonds. The van der Waals surface area contributed by atoms with Crippen LogP contribution in [-0.2, 0) is 0 Å². The van der Waals surface area contributed by atoms with Gasteiger partial charge in [-0.2, -0.15) is 9.78 Å². The summed E-state index contributed by atoms with van der Waals surface area (Å²) in [5, 5.41) is 4.37. The van der Waals surface area contributed by atoms with Crippen LogP contribution in [0.3, 0.4) is 0 Å². The molecule has 1 saturated carbocycles. The molecule has 1 aliphatic carbocycles. The minimum Gasteiger partial charge on any atom is -0.334 e. The van der Waals surface area contributed by atoms with Crippen LogP contribution in [-0.4, -0.2) is 33.2 Å². The zero-order valence-electron chi connectivity index (χ0n) is 14.3. The molecule has 4 rings (SSSR count). The molecule has 0 unspecified atom stereocenters. The SMILES string of the molecule is O=C(c1ccc(=O)n(-c2ccccc2)n1)N1CCC[C@@H]2CCCC[C@@H]21. The fourth-order valence-corrected chi connectivity index (χ4v) is 4.30. The number of rotatable bonds is 2. The maximum atomic E-state index is 13.1. The summed E-state index contributed by atoms with van der Waals surface area (Å²) in [7, 11) is 0. The molecule has 1 saturated heterocycles. The Hall–Kier alpha value is -2.43. The molecule has 2 atom stereocenters. The van der Waals surface area contributed by atoms with Gasteiger partial charge in [0.05, 0.1) is 5.69 Å². The fraction of sp³-hybridized carbons (Fsp3) is 0.450. The second-order valence-corrected chi connectivity index (χ2v) is 7.06. The third-order valence-corrected chi connectivity index (χ3v) is 5.52. The van der Waals surface area contributed by atoms with E-state index in [1.807, 2.05) is 35.2 Å². The zero-order chi connectivity index (χ0) is 17.2. The minimum atomic E-state index is -0.225. The summed E-state index contributed by atoms with van der Waals surface area (Å²) in [6.45, 7) is 0.798. The van der Waals surface area contributed by atoms with Crippen LogP contribution in [0.15, 0.2) is 47.3 Å². The van der Waals surface area contributed by atoms with Gasteiger partial charge in [-0.15, -0.1) is 0 Å². The molecule has 2 heterocycles. The number of para-hydroxylation sites is 1. The molecular formula is C20H23N3O2. The molecule has 5 heteroatoms. The van der Waals surface area contributed by atoms with Crippen LogP contribution < -0.4 is 5.56 Å². The first-order valence-electron chi connectivity index (χ1n) is 9.21. The Morgan fingerprint density at radius 1 is 0.960 bits per heavy atom. The van der Waals surface area contributed by atoms with Crippen LogP contribution in [0.2, 0.25) is 0 Å². The molecule has 2 aromatic rings. The Bertz CT molecular complexity index is 813. The summed E-state index contributed by atoms with van der Waals surface area (Å²) in [6, 6.07) is 12.6. The number of piperidine rings is 1. The van der Waals surface area contributed by atoms with E-state index in [2.05, 4.69) is 5.10 Å². The van der Waals surface area contributed by atoms with Crippen LogP contribution >= 0.6 is 0 Å². The highest BCUT2D eigenvalue weighted by Crippen LogP contribution is 2.35. The molecule has 0 bridgehead atoms. The average Bonchev–Trinajstić information content (AvgIpc) is 2.68. The molecule has 1 aromatic carbocycles. The van der Waals surface area contributed by atoms with Gasteiger partial charge in [0.25, 0.3) is 11.5 Å². The molecule has 2 fully saturated rings. The monoisotopic (exact) mass is 337 g/mol. The lowest BCUT2D eigenvalue weighted by Crippen LogP contribution is -2.50. The van der Waals surface area contributed by atoms with Gasteiger partial charge in [-0.05, 0) is 49.8 Å². The number of aromatic nitrogens is 2. The van der Waals surface area contributed by atoms with Crippen molar-refractivity contribution in [2.24, 2.45) is 5.92 Å². The summed E-state index contributed by atoms with van der Waals surface area (Å²) in [5.74, 6) is 0.591. The van der Waals surface area contributed by atoms with Gasteiger partial charge in [-0.25, -0.2) is 0 Å². The maximum Gasteiger partial charge on any atom is 0.274 e. The van der Waals surface area contributed by atoms with Gasteiger partial charge in [0, 0.05) is 18.7 Å². The lowest BCUT2D eigenvalue weighted by Gasteiger charge is -2.44. The quantitative estimate of drug-likeness (QED) is 0.846. The Morgan fingerprint density at radius 2 is 1.72 bits per heavy atom. The van der Waals surface area contributed by atoms with Crippen LogP contribution in [0.5, 0.6) is 0 Å². The number of benzene rings is 1. The molecule has 1 aliphatic heterocycles. The predicted octanol–water partition coefficient (Wildman–Crippen LogP) is 3.03. The summed E-state index contributed by atoms with van der Waals surface area (Å²) in [6.07, 6.45) is 7.08. The first kappa shape index (κ1) is 16.1. The van der Waals surface area contributed by atoms with E-state index < -0.39 is 0 Å². The number of amides is 1. The summed E-state index contributed by atoms with van der Waals surface area (Å²) < 4.78 is 1.32. The zero-order valence-corrected chi connectivity index (χ0v) is 14.3. The highest BCUT2D eigenvalue weighted by molar-refractivity contribution is 5.92. The van der Waals surface area contributed by atoms with Crippen LogP contribution in [0.1, 0.15) is 49.0 Å². The van der Waals surface area contributed by atoms with Gasteiger partial charge in [-0.1, -0.05) is 31.0 Å². The first-order chi connectivity index (χ1) is 12.2. The third kappa shape index (κ3) is 3.11. The summed E-state index contributed by atoms with van der Waals surface area (Å²) in [4.78, 5) is 27.3. The van der Waals surface area contributed by atoms with Crippen molar-refractivity contribution in [3.63, 3.8) is 0 Å². The van der Waals surface area contributed by atoms with Crippen LogP contribution in [0.4, 0.5) is 0 Å². The van der Waals surface area contributed by atoms with Crippen molar-refractivity contribution in [1.29, 1.82) is 0 Å². The van der Waals surface area contributed by atoms with E-state index in [1.54, 1.807) is 6.07 Å². The molecule has 2 aliphatic rings. The standard InChI is InChI=1S/C20H23N3O2/c24-19-13-12-17(21-23(19)16-9-2-1-3-10-16)20(25)22-14-6-8-15-7-4-5-11-18(15)22/h1-3,9-10,12-13,15,18H,4-8,11,14H2/t15-,18-/m0/s1. The van der Waals surface area contributed by atoms with E-state index in [0.717, 1.165) is 19.4 Å². The summed E-state index contributed by atoms with van der Waals surface area (Å²) in [5.41, 5.74) is 0.808. The minimum absolute atomic E-state index is 0.0405. The number of hydrogen-bond acceptors (Lipinski definition) is 3. The van der Waals surface area contributed by atoms with Gasteiger partial charge in [-0.3, -0.25) is 9.59 Å². The predicted molar refractivity (Wildman–Crippen MR) is 95.9 cm³/mol. The lowest BCUT2D eigenvalue weighted by atomic mass is 9.78. The fourth-order valence-electron chi connectivity index (χ4n) is 4.30. The molecule has 5 nitrogen and oxygen atoms in total. The van der Waals surface area contributed by atoms with E-state index in [4.69, 9.17) is 0 Å². The average molecular weight is 337 g/mol. The maximum absolute atomic E-state index is 13.1. The highest BCUT2D eigenvalue weighted by atomic mass is 16.2. The van der Waals surface area contributed by atoms with E-state index in [9.17, 15) is 9.59 Å². The second-order valence-electron chi connectivity index (χ2n) is 7.06. The number of likely N-dealkylation sites (tertiary alicyclic amines) is 1. The van der Waals surface area contributed by atoms with Gasteiger partial charge in [0.2, 0.25) is 0 Å². The molecule has 0 spiro atoms. The third-order valence-electron chi connectivity index (χ3n) is 5.52. The van der Waals surface area contributed by atoms with Crippen LogP contribution in [0, 0.1) is 5.92 Å². The van der Waals surface area contributed by atoms with Crippen molar-refractivity contribution in [3.05, 3.63) is 58.5 Å². The first-order valence-corrected chi connectivity index (χ1v) is 9.21. The second kappa shape index (κ2) is 6.82. The highest BCUT2D eigenvalue weighted by Gasteiger charge is 2.36. The van der Waals surface area contributed by atoms with E-state index >= 15 is 0 Å². The van der Waals surface area contributed by atoms with Crippen LogP contribution in [0.25, 0.3) is 5.69 Å². The number of fused-ring (bicyclic) bond motifs is 1.